The van der Waals surface area contributed by atoms with Crippen molar-refractivity contribution >= 4 is 5.78 Å². The fourth-order valence-electron chi connectivity index (χ4n) is 2.08. The third-order valence-corrected chi connectivity index (χ3v) is 3.20. The van der Waals surface area contributed by atoms with E-state index < -0.39 is 0 Å². The highest BCUT2D eigenvalue weighted by Gasteiger charge is 2.13. The van der Waals surface area contributed by atoms with E-state index in [9.17, 15) is 4.79 Å². The molecule has 1 aromatic carbocycles. The van der Waals surface area contributed by atoms with E-state index in [0.29, 0.717) is 6.42 Å². The van der Waals surface area contributed by atoms with Gasteiger partial charge in [0.15, 0.2) is 5.78 Å². The van der Waals surface area contributed by atoms with Crippen molar-refractivity contribution in [2.24, 2.45) is 7.05 Å². The Morgan fingerprint density at radius 1 is 1.37 bits per heavy atom. The van der Waals surface area contributed by atoms with Gasteiger partial charge in [-0.15, -0.1) is 0 Å². The summed E-state index contributed by atoms with van der Waals surface area (Å²) in [4.78, 5) is 16.6. The molecule has 0 saturated heterocycles. The number of carbonyl (C=O) groups is 1. The van der Waals surface area contributed by atoms with Crippen LogP contribution in [0.4, 0.5) is 0 Å². The third-order valence-electron chi connectivity index (χ3n) is 3.20. The maximum atomic E-state index is 12.4. The topological polar surface area (TPSA) is 46.9 Å². The van der Waals surface area contributed by atoms with Crippen LogP contribution in [0.3, 0.4) is 0 Å². The minimum atomic E-state index is 0.126. The molecule has 2 aromatic rings. The Morgan fingerprint density at radius 2 is 2.16 bits per heavy atom. The van der Waals surface area contributed by atoms with Crippen molar-refractivity contribution in [2.45, 2.75) is 12.8 Å². The SMILES string of the molecule is CNCCc1ccccc1C(=O)Cc1nccn1C. The first-order valence-corrected chi connectivity index (χ1v) is 6.44. The number of likely N-dealkylation sites (N-methyl/N-ethyl adjacent to an activating group) is 1. The van der Waals surface area contributed by atoms with Crippen LogP contribution in [0.15, 0.2) is 36.7 Å². The number of imidazole rings is 1. The van der Waals surface area contributed by atoms with Crippen LogP contribution in [-0.2, 0) is 19.9 Å². The normalized spacial score (nSPS) is 10.6. The van der Waals surface area contributed by atoms with Gasteiger partial charge in [0.25, 0.3) is 0 Å². The molecule has 0 spiro atoms. The van der Waals surface area contributed by atoms with Gasteiger partial charge in [0.1, 0.15) is 5.82 Å². The molecule has 0 fully saturated rings. The Hall–Kier alpha value is -1.94. The number of hydrogen-bond donors (Lipinski definition) is 1. The fraction of sp³-hybridized carbons (Fsp3) is 0.333. The number of Topliss-reactive ketones (excluding diaryl/α,β-unsaturated/α-hetero) is 1. The van der Waals surface area contributed by atoms with Crippen molar-refractivity contribution in [3.05, 3.63) is 53.6 Å². The maximum absolute atomic E-state index is 12.4. The van der Waals surface area contributed by atoms with Crippen molar-refractivity contribution in [1.82, 2.24) is 14.9 Å². The van der Waals surface area contributed by atoms with Gasteiger partial charge in [0.05, 0.1) is 6.42 Å². The largest absolute Gasteiger partial charge is 0.338 e. The summed E-state index contributed by atoms with van der Waals surface area (Å²) < 4.78 is 1.88. The Kier molecular flexibility index (Phi) is 4.47. The van der Waals surface area contributed by atoms with Gasteiger partial charge in [0.2, 0.25) is 0 Å². The van der Waals surface area contributed by atoms with Gasteiger partial charge >= 0.3 is 0 Å². The third kappa shape index (κ3) is 3.29. The second-order valence-electron chi connectivity index (χ2n) is 4.57. The molecule has 100 valence electrons. The van der Waals surface area contributed by atoms with E-state index in [4.69, 9.17) is 0 Å². The molecule has 2 rings (SSSR count). The highest BCUT2D eigenvalue weighted by molar-refractivity contribution is 5.98. The van der Waals surface area contributed by atoms with E-state index in [0.717, 1.165) is 29.9 Å². The van der Waals surface area contributed by atoms with E-state index >= 15 is 0 Å². The molecule has 4 nitrogen and oxygen atoms in total. The highest BCUT2D eigenvalue weighted by Crippen LogP contribution is 2.12. The van der Waals surface area contributed by atoms with Gasteiger partial charge in [-0.3, -0.25) is 4.79 Å². The van der Waals surface area contributed by atoms with E-state index in [1.54, 1.807) is 6.20 Å². The number of aryl methyl sites for hydroxylation is 1. The Labute approximate surface area is 113 Å². The summed E-state index contributed by atoms with van der Waals surface area (Å²) in [5, 5.41) is 3.11. The molecule has 0 bridgehead atoms. The lowest BCUT2D eigenvalue weighted by Crippen LogP contribution is -2.15. The molecule has 0 aliphatic heterocycles. The zero-order chi connectivity index (χ0) is 13.7. The molecular weight excluding hydrogens is 238 g/mol. The van der Waals surface area contributed by atoms with Crippen molar-refractivity contribution in [1.29, 1.82) is 0 Å². The lowest BCUT2D eigenvalue weighted by atomic mass is 9.99. The number of benzene rings is 1. The average molecular weight is 257 g/mol. The molecular formula is C15H19N3O. The number of aromatic nitrogens is 2. The van der Waals surface area contributed by atoms with Crippen molar-refractivity contribution in [3.63, 3.8) is 0 Å². The van der Waals surface area contributed by atoms with Gasteiger partial charge in [-0.1, -0.05) is 24.3 Å². The van der Waals surface area contributed by atoms with Crippen molar-refractivity contribution < 1.29 is 4.79 Å². The quantitative estimate of drug-likeness (QED) is 0.800. The first-order chi connectivity index (χ1) is 9.22. The van der Waals surface area contributed by atoms with Crippen molar-refractivity contribution in [3.8, 4) is 0 Å². The molecule has 0 atom stereocenters. The first kappa shape index (κ1) is 13.5. The van der Waals surface area contributed by atoms with Crippen LogP contribution in [-0.4, -0.2) is 28.9 Å². The molecule has 0 saturated carbocycles. The molecule has 1 N–H and O–H groups in total. The average Bonchev–Trinajstić information content (AvgIpc) is 2.82. The lowest BCUT2D eigenvalue weighted by Gasteiger charge is -2.08. The molecule has 0 aliphatic carbocycles. The monoisotopic (exact) mass is 257 g/mol. The summed E-state index contributed by atoms with van der Waals surface area (Å²) in [6, 6.07) is 7.80. The Balaban J connectivity index is 2.17. The van der Waals surface area contributed by atoms with Crippen molar-refractivity contribution in [2.75, 3.05) is 13.6 Å². The van der Waals surface area contributed by atoms with E-state index in [-0.39, 0.29) is 5.78 Å². The minimum Gasteiger partial charge on any atom is -0.338 e. The molecule has 4 heteroatoms. The van der Waals surface area contributed by atoms with E-state index in [1.807, 2.05) is 49.1 Å². The van der Waals surface area contributed by atoms with Crippen LogP contribution < -0.4 is 5.32 Å². The summed E-state index contributed by atoms with van der Waals surface area (Å²) in [7, 11) is 3.82. The van der Waals surface area contributed by atoms with Crippen LogP contribution >= 0.6 is 0 Å². The van der Waals surface area contributed by atoms with Gasteiger partial charge in [0, 0.05) is 25.0 Å². The number of nitrogens with one attached hydrogen (secondary N) is 1. The van der Waals surface area contributed by atoms with Gasteiger partial charge in [-0.25, -0.2) is 4.98 Å². The fourth-order valence-corrected chi connectivity index (χ4v) is 2.08. The lowest BCUT2D eigenvalue weighted by molar-refractivity contribution is 0.0989. The first-order valence-electron chi connectivity index (χ1n) is 6.44. The Morgan fingerprint density at radius 3 is 2.84 bits per heavy atom. The molecule has 1 heterocycles. The second-order valence-corrected chi connectivity index (χ2v) is 4.57. The number of nitrogens with zero attached hydrogens (tertiary/aromatic N) is 2. The van der Waals surface area contributed by atoms with Crippen LogP contribution in [0, 0.1) is 0 Å². The van der Waals surface area contributed by atoms with E-state index in [2.05, 4.69) is 10.3 Å². The van der Waals surface area contributed by atoms with Gasteiger partial charge in [-0.05, 0) is 25.6 Å². The summed E-state index contributed by atoms with van der Waals surface area (Å²) >= 11 is 0. The second kappa shape index (κ2) is 6.29. The number of hydrogen-bond acceptors (Lipinski definition) is 3. The molecule has 19 heavy (non-hydrogen) atoms. The molecule has 0 amide bonds. The van der Waals surface area contributed by atoms with Gasteiger partial charge < -0.3 is 9.88 Å². The Bertz CT molecular complexity index is 560. The predicted octanol–water partition coefficient (Wildman–Crippen LogP) is 1.61. The zero-order valence-corrected chi connectivity index (χ0v) is 11.4. The summed E-state index contributed by atoms with van der Waals surface area (Å²) in [5.41, 5.74) is 1.90. The predicted molar refractivity (Wildman–Crippen MR) is 75.3 cm³/mol. The van der Waals surface area contributed by atoms with Crippen LogP contribution in [0.5, 0.6) is 0 Å². The number of ketones is 1. The smallest absolute Gasteiger partial charge is 0.170 e. The number of rotatable bonds is 6. The van der Waals surface area contributed by atoms with Crippen LogP contribution in [0.2, 0.25) is 0 Å². The summed E-state index contributed by atoms with van der Waals surface area (Å²) in [5.74, 6) is 0.925. The molecule has 0 unspecified atom stereocenters. The highest BCUT2D eigenvalue weighted by atomic mass is 16.1. The van der Waals surface area contributed by atoms with E-state index in [1.165, 1.54) is 0 Å². The number of carbonyl (C=O) groups excluding carboxylic acids is 1. The van der Waals surface area contributed by atoms with Crippen LogP contribution in [0.25, 0.3) is 0 Å². The zero-order valence-electron chi connectivity index (χ0n) is 11.4. The van der Waals surface area contributed by atoms with Gasteiger partial charge in [-0.2, -0.15) is 0 Å². The van der Waals surface area contributed by atoms with Crippen LogP contribution in [0.1, 0.15) is 21.7 Å². The molecule has 1 aromatic heterocycles. The minimum absolute atomic E-state index is 0.126. The standard InChI is InChI=1S/C15H19N3O/c1-16-8-7-12-5-3-4-6-13(12)14(19)11-15-17-9-10-18(15)2/h3-6,9-10,16H,7-8,11H2,1-2H3. The molecule has 0 aliphatic rings. The summed E-state index contributed by atoms with van der Waals surface area (Å²) in [6.45, 7) is 0.868. The summed E-state index contributed by atoms with van der Waals surface area (Å²) in [6.07, 6.45) is 4.78. The molecule has 0 radical (unpaired) electrons. The maximum Gasteiger partial charge on any atom is 0.170 e.